The predicted octanol–water partition coefficient (Wildman–Crippen LogP) is 1.32. The van der Waals surface area contributed by atoms with E-state index in [0.29, 0.717) is 5.02 Å². The van der Waals surface area contributed by atoms with Crippen LogP contribution in [0.15, 0.2) is 6.07 Å². The molecule has 0 spiro atoms. The highest BCUT2D eigenvalue weighted by molar-refractivity contribution is 6.31. The third-order valence-corrected chi connectivity index (χ3v) is 2.59. The van der Waals surface area contributed by atoms with E-state index in [1.807, 2.05) is 0 Å². The lowest BCUT2D eigenvalue weighted by molar-refractivity contribution is 0.0995. The van der Waals surface area contributed by atoms with Crippen molar-refractivity contribution < 1.29 is 4.79 Å². The Kier molecular flexibility index (Phi) is 1.96. The number of halogens is 1. The molecular weight excluding hydrogens is 188 g/mol. The Hall–Kier alpha value is -1.09. The molecule has 0 aromatic carbocycles. The number of fused-ring (bicyclic) bond motifs is 1. The highest BCUT2D eigenvalue weighted by Gasteiger charge is 2.18. The van der Waals surface area contributed by atoms with Gasteiger partial charge in [0.1, 0.15) is 5.69 Å². The first-order chi connectivity index (χ1) is 6.18. The van der Waals surface area contributed by atoms with E-state index >= 15 is 0 Å². The molecule has 1 aromatic rings. The number of nitrogens with two attached hydrogens (primary N) is 1. The molecule has 0 fully saturated rings. The second-order valence-corrected chi connectivity index (χ2v) is 3.54. The second kappa shape index (κ2) is 3.00. The van der Waals surface area contributed by atoms with E-state index in [1.54, 1.807) is 6.07 Å². The summed E-state index contributed by atoms with van der Waals surface area (Å²) in [5.41, 5.74) is 7.39. The largest absolute Gasteiger partial charge is 0.364 e. The Bertz CT molecular complexity index is 376. The molecule has 1 aromatic heterocycles. The van der Waals surface area contributed by atoms with Crippen LogP contribution in [0.3, 0.4) is 0 Å². The summed E-state index contributed by atoms with van der Waals surface area (Å²) in [5, 5.41) is 0.622. The molecule has 1 aliphatic carbocycles. The first-order valence-electron chi connectivity index (χ1n) is 4.16. The van der Waals surface area contributed by atoms with E-state index in [0.717, 1.165) is 30.5 Å². The number of carbonyl (C=O) groups is 1. The summed E-state index contributed by atoms with van der Waals surface area (Å²) in [6, 6.07) is 1.55. The van der Waals surface area contributed by atoms with Gasteiger partial charge in [-0.15, -0.1) is 0 Å². The first-order valence-corrected chi connectivity index (χ1v) is 4.54. The average molecular weight is 197 g/mol. The summed E-state index contributed by atoms with van der Waals surface area (Å²) in [6.07, 6.45) is 2.92. The monoisotopic (exact) mass is 196 g/mol. The van der Waals surface area contributed by atoms with Crippen LogP contribution < -0.4 is 5.73 Å². The van der Waals surface area contributed by atoms with E-state index in [1.165, 1.54) is 0 Å². The zero-order valence-electron chi connectivity index (χ0n) is 7.01. The molecule has 0 aliphatic heterocycles. The van der Waals surface area contributed by atoms with Crippen LogP contribution in [-0.2, 0) is 12.8 Å². The SMILES string of the molecule is NC(=O)c1cc(Cl)c2c(n1)CCC2. The van der Waals surface area contributed by atoms with E-state index < -0.39 is 5.91 Å². The molecule has 2 N–H and O–H groups in total. The highest BCUT2D eigenvalue weighted by atomic mass is 35.5. The molecule has 0 saturated carbocycles. The third-order valence-electron chi connectivity index (χ3n) is 2.25. The number of carbonyl (C=O) groups excluding carboxylic acids is 1. The number of pyridine rings is 1. The van der Waals surface area contributed by atoms with Crippen molar-refractivity contribution in [3.8, 4) is 0 Å². The van der Waals surface area contributed by atoms with E-state index in [-0.39, 0.29) is 5.69 Å². The van der Waals surface area contributed by atoms with Crippen molar-refractivity contribution in [3.05, 3.63) is 28.0 Å². The lowest BCUT2D eigenvalue weighted by atomic mass is 10.2. The fraction of sp³-hybridized carbons (Fsp3) is 0.333. The van der Waals surface area contributed by atoms with Gasteiger partial charge in [0, 0.05) is 10.7 Å². The van der Waals surface area contributed by atoms with Crippen molar-refractivity contribution in [1.29, 1.82) is 0 Å². The fourth-order valence-electron chi connectivity index (χ4n) is 1.62. The van der Waals surface area contributed by atoms with Crippen LogP contribution in [-0.4, -0.2) is 10.9 Å². The van der Waals surface area contributed by atoms with Crippen molar-refractivity contribution in [1.82, 2.24) is 4.98 Å². The van der Waals surface area contributed by atoms with Gasteiger partial charge in [0.25, 0.3) is 5.91 Å². The van der Waals surface area contributed by atoms with Crippen LogP contribution in [0, 0.1) is 0 Å². The summed E-state index contributed by atoms with van der Waals surface area (Å²) in [4.78, 5) is 15.0. The maximum Gasteiger partial charge on any atom is 0.267 e. The van der Waals surface area contributed by atoms with Gasteiger partial charge in [0.2, 0.25) is 0 Å². The summed E-state index contributed by atoms with van der Waals surface area (Å²) in [5.74, 6) is -0.517. The van der Waals surface area contributed by atoms with Gasteiger partial charge in [-0.05, 0) is 30.9 Å². The van der Waals surface area contributed by atoms with Crippen LogP contribution in [0.1, 0.15) is 28.2 Å². The highest BCUT2D eigenvalue weighted by Crippen LogP contribution is 2.27. The fourth-order valence-corrected chi connectivity index (χ4v) is 1.93. The summed E-state index contributed by atoms with van der Waals surface area (Å²) >= 11 is 5.97. The zero-order valence-corrected chi connectivity index (χ0v) is 7.77. The molecular formula is C9H9ClN2O. The number of hydrogen-bond donors (Lipinski definition) is 1. The quantitative estimate of drug-likeness (QED) is 0.737. The number of primary amides is 1. The van der Waals surface area contributed by atoms with E-state index in [9.17, 15) is 4.79 Å². The zero-order chi connectivity index (χ0) is 9.42. The van der Waals surface area contributed by atoms with Crippen molar-refractivity contribution >= 4 is 17.5 Å². The lowest BCUT2D eigenvalue weighted by Gasteiger charge is -2.03. The number of aryl methyl sites for hydroxylation is 1. The van der Waals surface area contributed by atoms with E-state index in [2.05, 4.69) is 4.98 Å². The van der Waals surface area contributed by atoms with Gasteiger partial charge in [-0.25, -0.2) is 4.98 Å². The molecule has 0 unspecified atom stereocenters. The van der Waals surface area contributed by atoms with Crippen LogP contribution in [0.2, 0.25) is 5.02 Å². The van der Waals surface area contributed by atoms with E-state index in [4.69, 9.17) is 17.3 Å². The van der Waals surface area contributed by atoms with Gasteiger partial charge in [0.15, 0.2) is 0 Å². The molecule has 1 aliphatic rings. The van der Waals surface area contributed by atoms with Crippen LogP contribution in [0.25, 0.3) is 0 Å². The molecule has 3 nitrogen and oxygen atoms in total. The van der Waals surface area contributed by atoms with Crippen molar-refractivity contribution in [2.24, 2.45) is 5.73 Å². The molecule has 0 atom stereocenters. The Morgan fingerprint density at radius 3 is 3.00 bits per heavy atom. The van der Waals surface area contributed by atoms with Crippen molar-refractivity contribution in [2.45, 2.75) is 19.3 Å². The Labute approximate surface area is 80.9 Å². The van der Waals surface area contributed by atoms with Gasteiger partial charge in [-0.2, -0.15) is 0 Å². The lowest BCUT2D eigenvalue weighted by Crippen LogP contribution is -2.14. The predicted molar refractivity (Wildman–Crippen MR) is 49.8 cm³/mol. The number of rotatable bonds is 1. The first kappa shape index (κ1) is 8.51. The molecule has 0 bridgehead atoms. The van der Waals surface area contributed by atoms with Crippen LogP contribution in [0.5, 0.6) is 0 Å². The molecule has 2 rings (SSSR count). The molecule has 68 valence electrons. The number of nitrogens with zero attached hydrogens (tertiary/aromatic N) is 1. The number of hydrogen-bond acceptors (Lipinski definition) is 2. The van der Waals surface area contributed by atoms with Crippen molar-refractivity contribution in [3.63, 3.8) is 0 Å². The van der Waals surface area contributed by atoms with Gasteiger partial charge >= 0.3 is 0 Å². The van der Waals surface area contributed by atoms with Crippen molar-refractivity contribution in [2.75, 3.05) is 0 Å². The molecule has 0 radical (unpaired) electrons. The molecule has 1 heterocycles. The van der Waals surface area contributed by atoms with Crippen LogP contribution >= 0.6 is 11.6 Å². The third kappa shape index (κ3) is 1.40. The Morgan fingerprint density at radius 2 is 2.31 bits per heavy atom. The molecule has 13 heavy (non-hydrogen) atoms. The topological polar surface area (TPSA) is 56.0 Å². The standard InChI is InChI=1S/C9H9ClN2O/c10-6-4-8(9(11)13)12-7-3-1-2-5(6)7/h4H,1-3H2,(H2,11,13). The maximum absolute atomic E-state index is 10.9. The molecule has 0 saturated heterocycles. The van der Waals surface area contributed by atoms with Gasteiger partial charge < -0.3 is 5.73 Å². The smallest absolute Gasteiger partial charge is 0.267 e. The van der Waals surface area contributed by atoms with Gasteiger partial charge in [-0.1, -0.05) is 11.6 Å². The van der Waals surface area contributed by atoms with Crippen LogP contribution in [0.4, 0.5) is 0 Å². The Balaban J connectivity index is 2.55. The number of aromatic nitrogens is 1. The van der Waals surface area contributed by atoms with Gasteiger partial charge in [-0.3, -0.25) is 4.79 Å². The maximum atomic E-state index is 10.9. The Morgan fingerprint density at radius 1 is 1.54 bits per heavy atom. The second-order valence-electron chi connectivity index (χ2n) is 3.13. The molecule has 1 amide bonds. The summed E-state index contributed by atoms with van der Waals surface area (Å²) < 4.78 is 0. The normalized spacial score (nSPS) is 14.2. The molecule has 4 heteroatoms. The summed E-state index contributed by atoms with van der Waals surface area (Å²) in [7, 11) is 0. The van der Waals surface area contributed by atoms with Gasteiger partial charge in [0.05, 0.1) is 0 Å². The summed E-state index contributed by atoms with van der Waals surface area (Å²) in [6.45, 7) is 0. The minimum Gasteiger partial charge on any atom is -0.364 e. The average Bonchev–Trinajstić information content (AvgIpc) is 2.51. The minimum absolute atomic E-state index is 0.269. The number of amides is 1. The minimum atomic E-state index is -0.517.